The molecule has 0 amide bonds. The Morgan fingerprint density at radius 2 is 1.88 bits per heavy atom. The van der Waals surface area contributed by atoms with E-state index in [1.165, 1.54) is 6.07 Å². The maximum Gasteiger partial charge on any atom is 0.573 e. The molecular formula is C10H5ClF3NO. The van der Waals surface area contributed by atoms with Crippen LogP contribution >= 0.6 is 11.6 Å². The number of pyridine rings is 1. The normalized spacial score (nSPS) is 11.8. The zero-order chi connectivity index (χ0) is 11.8. The van der Waals surface area contributed by atoms with E-state index in [1.54, 1.807) is 18.2 Å². The van der Waals surface area contributed by atoms with Crippen molar-refractivity contribution in [1.29, 1.82) is 0 Å². The Morgan fingerprint density at radius 1 is 1.19 bits per heavy atom. The van der Waals surface area contributed by atoms with Crippen molar-refractivity contribution >= 4 is 22.5 Å². The largest absolute Gasteiger partial charge is 0.573 e. The van der Waals surface area contributed by atoms with E-state index in [0.717, 1.165) is 6.07 Å². The Balaban J connectivity index is 2.59. The SMILES string of the molecule is FC(F)(F)Oc1cc(Cl)nc2ccccc12. The summed E-state index contributed by atoms with van der Waals surface area (Å²) < 4.78 is 40.2. The van der Waals surface area contributed by atoms with Crippen LogP contribution in [-0.4, -0.2) is 11.3 Å². The number of nitrogens with zero attached hydrogens (tertiary/aromatic N) is 1. The van der Waals surface area contributed by atoms with Gasteiger partial charge in [-0.1, -0.05) is 23.7 Å². The quantitative estimate of drug-likeness (QED) is 0.716. The fourth-order valence-corrected chi connectivity index (χ4v) is 1.51. The lowest BCUT2D eigenvalue weighted by molar-refractivity contribution is -0.274. The lowest BCUT2D eigenvalue weighted by Crippen LogP contribution is -2.17. The summed E-state index contributed by atoms with van der Waals surface area (Å²) in [4.78, 5) is 3.88. The van der Waals surface area contributed by atoms with Gasteiger partial charge in [0.25, 0.3) is 0 Å². The number of fused-ring (bicyclic) bond motifs is 1. The van der Waals surface area contributed by atoms with Crippen molar-refractivity contribution < 1.29 is 17.9 Å². The second kappa shape index (κ2) is 3.83. The molecule has 0 radical (unpaired) electrons. The highest BCUT2D eigenvalue weighted by Gasteiger charge is 2.32. The van der Waals surface area contributed by atoms with Crippen LogP contribution in [0.1, 0.15) is 0 Å². The minimum absolute atomic E-state index is 0.0436. The first-order valence-electron chi connectivity index (χ1n) is 4.27. The van der Waals surface area contributed by atoms with Gasteiger partial charge in [-0.15, -0.1) is 13.2 Å². The number of benzene rings is 1. The van der Waals surface area contributed by atoms with Gasteiger partial charge < -0.3 is 4.74 Å². The molecule has 2 rings (SSSR count). The smallest absolute Gasteiger partial charge is 0.405 e. The summed E-state index contributed by atoms with van der Waals surface area (Å²) in [7, 11) is 0. The van der Waals surface area contributed by atoms with Gasteiger partial charge in [-0.25, -0.2) is 4.98 Å². The first kappa shape index (κ1) is 11.0. The minimum Gasteiger partial charge on any atom is -0.405 e. The lowest BCUT2D eigenvalue weighted by atomic mass is 10.2. The van der Waals surface area contributed by atoms with E-state index in [4.69, 9.17) is 11.6 Å². The molecule has 0 saturated carbocycles. The molecule has 2 aromatic rings. The summed E-state index contributed by atoms with van der Waals surface area (Å²) in [6.45, 7) is 0. The maximum absolute atomic E-state index is 12.1. The molecule has 0 fully saturated rings. The number of para-hydroxylation sites is 1. The van der Waals surface area contributed by atoms with Crippen LogP contribution < -0.4 is 4.74 Å². The molecule has 0 N–H and O–H groups in total. The molecular weight excluding hydrogens is 243 g/mol. The average molecular weight is 248 g/mol. The Kier molecular flexibility index (Phi) is 2.63. The van der Waals surface area contributed by atoms with Gasteiger partial charge in [-0.3, -0.25) is 0 Å². The molecule has 0 spiro atoms. The number of hydrogen-bond acceptors (Lipinski definition) is 2. The van der Waals surface area contributed by atoms with Crippen LogP contribution in [0.3, 0.4) is 0 Å². The maximum atomic E-state index is 12.1. The standard InChI is InChI=1S/C10H5ClF3NO/c11-9-5-8(16-10(12,13)14)6-3-1-2-4-7(6)15-9/h1-5H. The third-order valence-electron chi connectivity index (χ3n) is 1.87. The molecule has 1 aromatic heterocycles. The summed E-state index contributed by atoms with van der Waals surface area (Å²) in [5, 5.41) is 0.224. The molecule has 1 aromatic carbocycles. The first-order chi connectivity index (χ1) is 7.46. The van der Waals surface area contributed by atoms with Crippen molar-refractivity contribution in [2.75, 3.05) is 0 Å². The average Bonchev–Trinajstić information content (AvgIpc) is 2.14. The van der Waals surface area contributed by atoms with Gasteiger partial charge in [0.05, 0.1) is 5.52 Å². The molecule has 0 atom stereocenters. The minimum atomic E-state index is -4.74. The fourth-order valence-electron chi connectivity index (χ4n) is 1.32. The Morgan fingerprint density at radius 3 is 2.56 bits per heavy atom. The second-order valence-corrected chi connectivity index (χ2v) is 3.40. The van der Waals surface area contributed by atoms with Crippen LogP contribution in [0.15, 0.2) is 30.3 Å². The number of ether oxygens (including phenoxy) is 1. The van der Waals surface area contributed by atoms with Crippen molar-refractivity contribution in [2.24, 2.45) is 0 Å². The summed E-state index contributed by atoms with van der Waals surface area (Å²) >= 11 is 5.59. The van der Waals surface area contributed by atoms with Gasteiger partial charge in [0, 0.05) is 11.5 Å². The highest BCUT2D eigenvalue weighted by molar-refractivity contribution is 6.30. The van der Waals surface area contributed by atoms with E-state index < -0.39 is 6.36 Å². The van der Waals surface area contributed by atoms with Crippen molar-refractivity contribution in [3.63, 3.8) is 0 Å². The van der Waals surface area contributed by atoms with E-state index in [0.29, 0.717) is 5.52 Å². The molecule has 1 heterocycles. The molecule has 0 aliphatic carbocycles. The van der Waals surface area contributed by atoms with E-state index in [-0.39, 0.29) is 16.3 Å². The molecule has 0 saturated heterocycles. The Labute approximate surface area is 93.6 Å². The van der Waals surface area contributed by atoms with Crippen LogP contribution in [-0.2, 0) is 0 Å². The summed E-state index contributed by atoms with van der Waals surface area (Å²) in [5.74, 6) is -0.344. The number of halogens is 4. The fraction of sp³-hybridized carbons (Fsp3) is 0.100. The molecule has 0 aliphatic heterocycles. The molecule has 0 bridgehead atoms. The van der Waals surface area contributed by atoms with Crippen LogP contribution in [0, 0.1) is 0 Å². The monoisotopic (exact) mass is 247 g/mol. The first-order valence-corrected chi connectivity index (χ1v) is 4.64. The highest BCUT2D eigenvalue weighted by atomic mass is 35.5. The number of alkyl halides is 3. The lowest BCUT2D eigenvalue weighted by Gasteiger charge is -2.11. The topological polar surface area (TPSA) is 22.1 Å². The van der Waals surface area contributed by atoms with Crippen molar-refractivity contribution in [1.82, 2.24) is 4.98 Å². The predicted molar refractivity (Wildman–Crippen MR) is 53.4 cm³/mol. The van der Waals surface area contributed by atoms with Gasteiger partial charge in [0.2, 0.25) is 0 Å². The van der Waals surface area contributed by atoms with E-state index in [1.807, 2.05) is 0 Å². The van der Waals surface area contributed by atoms with Gasteiger partial charge in [0.1, 0.15) is 10.9 Å². The molecule has 16 heavy (non-hydrogen) atoms. The Hall–Kier alpha value is -1.49. The molecule has 84 valence electrons. The zero-order valence-electron chi connectivity index (χ0n) is 7.75. The number of rotatable bonds is 1. The van der Waals surface area contributed by atoms with Crippen LogP contribution in [0.4, 0.5) is 13.2 Å². The molecule has 2 nitrogen and oxygen atoms in total. The van der Waals surface area contributed by atoms with E-state index in [2.05, 4.69) is 9.72 Å². The van der Waals surface area contributed by atoms with E-state index >= 15 is 0 Å². The number of hydrogen-bond donors (Lipinski definition) is 0. The molecule has 0 unspecified atom stereocenters. The summed E-state index contributed by atoms with van der Waals surface area (Å²) in [6, 6.07) is 7.34. The second-order valence-electron chi connectivity index (χ2n) is 3.01. The number of aromatic nitrogens is 1. The van der Waals surface area contributed by atoms with Crippen LogP contribution in [0.2, 0.25) is 5.15 Å². The van der Waals surface area contributed by atoms with Gasteiger partial charge in [-0.2, -0.15) is 0 Å². The Bertz CT molecular complexity index is 527. The third-order valence-corrected chi connectivity index (χ3v) is 2.07. The zero-order valence-corrected chi connectivity index (χ0v) is 8.51. The van der Waals surface area contributed by atoms with Gasteiger partial charge in [-0.05, 0) is 12.1 Å². The highest BCUT2D eigenvalue weighted by Crippen LogP contribution is 2.31. The summed E-state index contributed by atoms with van der Waals surface area (Å²) in [6.07, 6.45) is -4.74. The third kappa shape index (κ3) is 2.36. The van der Waals surface area contributed by atoms with Gasteiger partial charge in [0.15, 0.2) is 0 Å². The predicted octanol–water partition coefficient (Wildman–Crippen LogP) is 3.79. The molecule has 6 heteroatoms. The van der Waals surface area contributed by atoms with Crippen molar-refractivity contribution in [3.8, 4) is 5.75 Å². The molecule has 0 aliphatic rings. The van der Waals surface area contributed by atoms with Crippen LogP contribution in [0.25, 0.3) is 10.9 Å². The van der Waals surface area contributed by atoms with Crippen molar-refractivity contribution in [2.45, 2.75) is 6.36 Å². The van der Waals surface area contributed by atoms with E-state index in [9.17, 15) is 13.2 Å². The summed E-state index contributed by atoms with van der Waals surface area (Å²) in [5.41, 5.74) is 0.356. The van der Waals surface area contributed by atoms with Crippen molar-refractivity contribution in [3.05, 3.63) is 35.5 Å². The van der Waals surface area contributed by atoms with Gasteiger partial charge >= 0.3 is 6.36 Å². The van der Waals surface area contributed by atoms with Crippen LogP contribution in [0.5, 0.6) is 5.75 Å².